The summed E-state index contributed by atoms with van der Waals surface area (Å²) in [6.07, 6.45) is -0.297. The van der Waals surface area contributed by atoms with Gasteiger partial charge in [0.25, 0.3) is 0 Å². The molecule has 1 saturated heterocycles. The van der Waals surface area contributed by atoms with E-state index in [0.29, 0.717) is 45.2 Å². The second kappa shape index (κ2) is 8.10. The zero-order valence-corrected chi connectivity index (χ0v) is 15.6. The van der Waals surface area contributed by atoms with Gasteiger partial charge in [0.2, 0.25) is 0 Å². The third-order valence-corrected chi connectivity index (χ3v) is 4.83. The number of ether oxygens (including phenoxy) is 1. The molecule has 27 heavy (non-hydrogen) atoms. The Bertz CT molecular complexity index is 904. The quantitative estimate of drug-likeness (QED) is 0.611. The first-order valence-corrected chi connectivity index (χ1v) is 9.04. The van der Waals surface area contributed by atoms with E-state index in [4.69, 9.17) is 4.74 Å². The maximum Gasteiger partial charge on any atom is 0.410 e. The number of carbonyl (C=O) groups is 1. The fourth-order valence-electron chi connectivity index (χ4n) is 3.33. The predicted octanol–water partition coefficient (Wildman–Crippen LogP) is 0.723. The Morgan fingerprint density at radius 3 is 2.70 bits per heavy atom. The van der Waals surface area contributed by atoms with E-state index in [9.17, 15) is 15.2 Å². The summed E-state index contributed by atoms with van der Waals surface area (Å²) in [6, 6.07) is 9.71. The summed E-state index contributed by atoms with van der Waals surface area (Å²) in [5.41, 5.74) is 1.88. The third-order valence-electron chi connectivity index (χ3n) is 4.83. The van der Waals surface area contributed by atoms with Crippen LogP contribution in [0.15, 0.2) is 30.0 Å². The van der Waals surface area contributed by atoms with E-state index in [-0.39, 0.29) is 17.4 Å². The number of quaternary nitrogens is 1. The molecule has 1 aliphatic rings. The number of para-hydroxylation sites is 2. The minimum Gasteiger partial charge on any atom is -0.506 e. The number of aryl methyl sites for hydroxylation is 1. The lowest BCUT2D eigenvalue weighted by Gasteiger charge is -2.31. The van der Waals surface area contributed by atoms with Crippen molar-refractivity contribution in [2.24, 2.45) is 7.05 Å². The van der Waals surface area contributed by atoms with E-state index in [1.54, 1.807) is 11.8 Å². The molecular weight excluding hydrogens is 346 g/mol. The summed E-state index contributed by atoms with van der Waals surface area (Å²) in [6.45, 7) is 4.97. The summed E-state index contributed by atoms with van der Waals surface area (Å²) in [5, 5.41) is 20.2. The van der Waals surface area contributed by atoms with Crippen LogP contribution in [0.5, 0.6) is 0 Å². The first kappa shape index (κ1) is 18.7. The highest BCUT2D eigenvalue weighted by Gasteiger charge is 2.26. The molecule has 0 saturated carbocycles. The van der Waals surface area contributed by atoms with Crippen LogP contribution in [0.2, 0.25) is 0 Å². The number of fused-ring (bicyclic) bond motifs is 1. The largest absolute Gasteiger partial charge is 0.506 e. The van der Waals surface area contributed by atoms with Crippen molar-refractivity contribution in [3.05, 3.63) is 35.8 Å². The van der Waals surface area contributed by atoms with Gasteiger partial charge in [-0.25, -0.2) is 9.78 Å². The Labute approximate surface area is 157 Å². The molecule has 142 valence electrons. The van der Waals surface area contributed by atoms with Crippen molar-refractivity contribution in [1.29, 1.82) is 5.26 Å². The molecule has 1 aliphatic heterocycles. The van der Waals surface area contributed by atoms with Crippen molar-refractivity contribution >= 4 is 22.7 Å². The lowest BCUT2D eigenvalue weighted by Crippen LogP contribution is -3.15. The van der Waals surface area contributed by atoms with Gasteiger partial charge < -0.3 is 19.3 Å². The fourth-order valence-corrected chi connectivity index (χ4v) is 3.33. The molecule has 8 heteroatoms. The van der Waals surface area contributed by atoms with Gasteiger partial charge >= 0.3 is 6.09 Å². The molecule has 2 N–H and O–H groups in total. The van der Waals surface area contributed by atoms with Gasteiger partial charge in [-0.15, -0.1) is 0 Å². The summed E-state index contributed by atoms with van der Waals surface area (Å²) in [7, 11) is 1.83. The number of benzene rings is 1. The molecule has 8 nitrogen and oxygen atoms in total. The molecule has 1 amide bonds. The van der Waals surface area contributed by atoms with Crippen molar-refractivity contribution in [3.8, 4) is 6.07 Å². The Balaban J connectivity index is 1.74. The molecule has 0 spiro atoms. The van der Waals surface area contributed by atoms with E-state index >= 15 is 0 Å². The van der Waals surface area contributed by atoms with Crippen LogP contribution in [0.3, 0.4) is 0 Å². The number of nitrogens with one attached hydrogen (secondary N) is 1. The van der Waals surface area contributed by atoms with Crippen LogP contribution in [-0.4, -0.2) is 65.0 Å². The Morgan fingerprint density at radius 2 is 2.07 bits per heavy atom. The number of hydrogen-bond donors (Lipinski definition) is 2. The number of nitriles is 1. The maximum absolute atomic E-state index is 11.8. The first-order chi connectivity index (χ1) is 13.0. The summed E-state index contributed by atoms with van der Waals surface area (Å²) in [5.74, 6) is 0.483. The van der Waals surface area contributed by atoms with Crippen LogP contribution in [0, 0.1) is 11.3 Å². The van der Waals surface area contributed by atoms with E-state index in [0.717, 1.165) is 15.9 Å². The molecule has 3 rings (SSSR count). The van der Waals surface area contributed by atoms with Gasteiger partial charge in [0.15, 0.2) is 11.6 Å². The van der Waals surface area contributed by atoms with Crippen LogP contribution in [0.1, 0.15) is 12.7 Å². The predicted molar refractivity (Wildman–Crippen MR) is 100 cm³/mol. The van der Waals surface area contributed by atoms with Gasteiger partial charge in [0, 0.05) is 7.05 Å². The van der Waals surface area contributed by atoms with Gasteiger partial charge in [-0.2, -0.15) is 5.26 Å². The normalized spacial score (nSPS) is 16.1. The number of piperazine rings is 1. The van der Waals surface area contributed by atoms with Crippen LogP contribution in [0.4, 0.5) is 4.79 Å². The zero-order chi connectivity index (χ0) is 19.4. The number of aromatic nitrogens is 2. The zero-order valence-electron chi connectivity index (χ0n) is 15.6. The molecule has 1 aromatic heterocycles. The topological polar surface area (TPSA) is 95.8 Å². The molecule has 2 aromatic rings. The lowest BCUT2D eigenvalue weighted by atomic mass is 10.2. The second-order valence-electron chi connectivity index (χ2n) is 6.53. The summed E-state index contributed by atoms with van der Waals surface area (Å²) in [4.78, 5) is 19.0. The molecule has 0 bridgehead atoms. The van der Waals surface area contributed by atoms with Crippen LogP contribution >= 0.6 is 0 Å². The number of allylic oxidation sites excluding steroid dienone is 1. The molecule has 0 radical (unpaired) electrons. The minimum atomic E-state index is -0.297. The average molecular weight is 370 g/mol. The highest BCUT2D eigenvalue weighted by molar-refractivity contribution is 5.83. The molecule has 0 atom stereocenters. The number of imidazole rings is 1. The molecule has 0 unspecified atom stereocenters. The number of rotatable bonds is 4. The smallest absolute Gasteiger partial charge is 0.410 e. The van der Waals surface area contributed by atoms with Gasteiger partial charge in [0.1, 0.15) is 18.2 Å². The van der Waals surface area contributed by atoms with Gasteiger partial charge in [-0.1, -0.05) is 12.1 Å². The van der Waals surface area contributed by atoms with Crippen molar-refractivity contribution in [3.63, 3.8) is 0 Å². The number of aliphatic hydroxyl groups excluding tert-OH is 1. The average Bonchev–Trinajstić information content (AvgIpc) is 3.00. The van der Waals surface area contributed by atoms with E-state index in [1.807, 2.05) is 35.9 Å². The lowest BCUT2D eigenvalue weighted by molar-refractivity contribution is -0.900. The van der Waals surface area contributed by atoms with Gasteiger partial charge in [0.05, 0.1) is 43.8 Å². The Morgan fingerprint density at radius 1 is 1.37 bits per heavy atom. The summed E-state index contributed by atoms with van der Waals surface area (Å²) < 4.78 is 6.84. The van der Waals surface area contributed by atoms with E-state index < -0.39 is 0 Å². The van der Waals surface area contributed by atoms with E-state index in [2.05, 4.69) is 11.1 Å². The Hall–Kier alpha value is -3.05. The van der Waals surface area contributed by atoms with Crippen molar-refractivity contribution in [2.75, 3.05) is 39.3 Å². The van der Waals surface area contributed by atoms with Crippen molar-refractivity contribution < 1.29 is 19.5 Å². The van der Waals surface area contributed by atoms with E-state index in [1.165, 1.54) is 0 Å². The monoisotopic (exact) mass is 370 g/mol. The molecule has 1 aromatic carbocycles. The second-order valence-corrected chi connectivity index (χ2v) is 6.53. The molecule has 2 heterocycles. The number of aliphatic hydroxyl groups is 1. The van der Waals surface area contributed by atoms with Crippen LogP contribution in [-0.2, 0) is 11.8 Å². The molecular formula is C19H24N5O3+. The van der Waals surface area contributed by atoms with Gasteiger partial charge in [-0.05, 0) is 19.1 Å². The number of amides is 1. The number of hydrogen-bond acceptors (Lipinski definition) is 5. The SMILES string of the molecule is CCOC(=O)N1CC[NH+](C/C(O)=C(\C#N)c2nc3ccccc3n2C)CC1. The highest BCUT2D eigenvalue weighted by atomic mass is 16.6. The Kier molecular flexibility index (Phi) is 5.62. The van der Waals surface area contributed by atoms with Crippen LogP contribution < -0.4 is 4.90 Å². The van der Waals surface area contributed by atoms with Crippen molar-refractivity contribution in [1.82, 2.24) is 14.5 Å². The maximum atomic E-state index is 11.8. The standard InChI is InChI=1S/C19H23N5O3/c1-3-27-19(26)24-10-8-23(9-11-24)13-17(25)14(12-20)18-21-15-6-4-5-7-16(15)22(18)2/h4-7,25H,3,8-11,13H2,1-2H3/p+1/b17-14-. The molecule has 1 fully saturated rings. The minimum absolute atomic E-state index is 0.0236. The first-order valence-electron chi connectivity index (χ1n) is 9.04. The number of carbonyl (C=O) groups excluding carboxylic acids is 1. The number of nitrogens with zero attached hydrogens (tertiary/aromatic N) is 4. The van der Waals surface area contributed by atoms with Crippen molar-refractivity contribution in [2.45, 2.75) is 6.92 Å². The fraction of sp³-hybridized carbons (Fsp3) is 0.421. The van der Waals surface area contributed by atoms with Crippen LogP contribution in [0.25, 0.3) is 16.6 Å². The van der Waals surface area contributed by atoms with Gasteiger partial charge in [-0.3, -0.25) is 4.90 Å². The molecule has 0 aliphatic carbocycles. The summed E-state index contributed by atoms with van der Waals surface area (Å²) >= 11 is 0. The third kappa shape index (κ3) is 3.88. The highest BCUT2D eigenvalue weighted by Crippen LogP contribution is 2.21.